The van der Waals surface area contributed by atoms with Crippen molar-refractivity contribution in [1.82, 2.24) is 0 Å². The van der Waals surface area contributed by atoms with Crippen LogP contribution in [0.4, 0.5) is 4.39 Å². The summed E-state index contributed by atoms with van der Waals surface area (Å²) in [5.41, 5.74) is 1.55. The molecule has 0 aliphatic heterocycles. The second kappa shape index (κ2) is 5.37. The molecule has 104 valence electrons. The Bertz CT molecular complexity index is 645. The number of carbonyl (C=O) groups excluding carboxylic acids is 1. The van der Waals surface area contributed by atoms with Crippen molar-refractivity contribution in [1.29, 1.82) is 0 Å². The van der Waals surface area contributed by atoms with E-state index in [1.807, 2.05) is 26.8 Å². The van der Waals surface area contributed by atoms with Gasteiger partial charge >= 0.3 is 0 Å². The van der Waals surface area contributed by atoms with Crippen molar-refractivity contribution in [2.75, 3.05) is 0 Å². The van der Waals surface area contributed by atoms with Gasteiger partial charge in [0.25, 0.3) is 0 Å². The Morgan fingerprint density at radius 3 is 2.25 bits per heavy atom. The van der Waals surface area contributed by atoms with Crippen LogP contribution < -0.4 is 0 Å². The molecule has 0 spiro atoms. The van der Waals surface area contributed by atoms with Crippen LogP contribution in [0.5, 0.6) is 0 Å². The average molecular weight is 291 g/mol. The van der Waals surface area contributed by atoms with Crippen LogP contribution in [-0.4, -0.2) is 5.78 Å². The first-order valence-corrected chi connectivity index (χ1v) is 6.77. The molecule has 0 bridgehead atoms. The van der Waals surface area contributed by atoms with E-state index in [2.05, 4.69) is 0 Å². The van der Waals surface area contributed by atoms with Crippen molar-refractivity contribution in [2.24, 2.45) is 0 Å². The molecule has 3 heteroatoms. The van der Waals surface area contributed by atoms with Gasteiger partial charge in [-0.05, 0) is 50.1 Å². The fraction of sp³-hybridized carbons (Fsp3) is 0.235. The Hall–Kier alpha value is -1.67. The maximum atomic E-state index is 13.0. The third-order valence-corrected chi connectivity index (χ3v) is 3.97. The Morgan fingerprint density at radius 2 is 1.70 bits per heavy atom. The van der Waals surface area contributed by atoms with Crippen LogP contribution in [0.2, 0.25) is 5.02 Å². The SMILES string of the molecule is Cc1ccc(C(=O)C(C)(C)c2ccc(F)cc2)cc1Cl. The largest absolute Gasteiger partial charge is 0.293 e. The third-order valence-electron chi connectivity index (χ3n) is 3.57. The zero-order chi connectivity index (χ0) is 14.9. The summed E-state index contributed by atoms with van der Waals surface area (Å²) in [6, 6.07) is 11.3. The molecular formula is C17H16ClFO. The van der Waals surface area contributed by atoms with Crippen molar-refractivity contribution >= 4 is 17.4 Å². The van der Waals surface area contributed by atoms with Crippen LogP contribution >= 0.6 is 11.6 Å². The molecule has 0 aromatic heterocycles. The lowest BCUT2D eigenvalue weighted by molar-refractivity contribution is 0.0908. The first-order chi connectivity index (χ1) is 9.32. The molecular weight excluding hydrogens is 275 g/mol. The number of halogens is 2. The summed E-state index contributed by atoms with van der Waals surface area (Å²) in [6.45, 7) is 5.55. The van der Waals surface area contributed by atoms with Gasteiger partial charge in [0.05, 0.1) is 5.41 Å². The number of benzene rings is 2. The Morgan fingerprint density at radius 1 is 1.10 bits per heavy atom. The standard InChI is InChI=1S/C17H16ClFO/c1-11-4-5-12(10-15(11)18)16(20)17(2,3)13-6-8-14(19)9-7-13/h4-10H,1-3H3. The molecule has 0 aliphatic rings. The molecule has 0 fully saturated rings. The van der Waals surface area contributed by atoms with Crippen LogP contribution in [0.3, 0.4) is 0 Å². The van der Waals surface area contributed by atoms with E-state index < -0.39 is 5.41 Å². The van der Waals surface area contributed by atoms with Crippen molar-refractivity contribution in [3.8, 4) is 0 Å². The van der Waals surface area contributed by atoms with Crippen LogP contribution in [0, 0.1) is 12.7 Å². The number of rotatable bonds is 3. The van der Waals surface area contributed by atoms with Gasteiger partial charge in [-0.15, -0.1) is 0 Å². The van der Waals surface area contributed by atoms with Gasteiger partial charge < -0.3 is 0 Å². The first kappa shape index (κ1) is 14.7. The van der Waals surface area contributed by atoms with Gasteiger partial charge in [0.15, 0.2) is 5.78 Å². The lowest BCUT2D eigenvalue weighted by atomic mass is 9.78. The van der Waals surface area contributed by atoms with Gasteiger partial charge in [-0.25, -0.2) is 4.39 Å². The lowest BCUT2D eigenvalue weighted by Gasteiger charge is -2.24. The zero-order valence-corrected chi connectivity index (χ0v) is 12.5. The molecule has 0 unspecified atom stereocenters. The molecule has 0 saturated carbocycles. The van der Waals surface area contributed by atoms with E-state index in [1.54, 1.807) is 24.3 Å². The highest BCUT2D eigenvalue weighted by atomic mass is 35.5. The quantitative estimate of drug-likeness (QED) is 0.731. The number of Topliss-reactive ketones (excluding diaryl/α,β-unsaturated/α-hetero) is 1. The summed E-state index contributed by atoms with van der Waals surface area (Å²) < 4.78 is 13.0. The molecule has 0 saturated heterocycles. The normalized spacial score (nSPS) is 11.4. The maximum Gasteiger partial charge on any atom is 0.172 e. The van der Waals surface area contributed by atoms with E-state index in [-0.39, 0.29) is 11.6 Å². The number of carbonyl (C=O) groups is 1. The topological polar surface area (TPSA) is 17.1 Å². The molecule has 0 heterocycles. The van der Waals surface area contributed by atoms with E-state index in [0.29, 0.717) is 10.6 Å². The maximum absolute atomic E-state index is 13.0. The summed E-state index contributed by atoms with van der Waals surface area (Å²) in [5, 5.41) is 0.575. The highest BCUT2D eigenvalue weighted by Crippen LogP contribution is 2.29. The Kier molecular flexibility index (Phi) is 3.96. The highest BCUT2D eigenvalue weighted by Gasteiger charge is 2.30. The number of aryl methyl sites for hydroxylation is 1. The van der Waals surface area contributed by atoms with Gasteiger partial charge in [-0.3, -0.25) is 4.79 Å². The Labute approximate surface area is 123 Å². The minimum absolute atomic E-state index is 0.0361. The van der Waals surface area contributed by atoms with Gasteiger partial charge in [0, 0.05) is 10.6 Å². The zero-order valence-electron chi connectivity index (χ0n) is 11.7. The summed E-state index contributed by atoms with van der Waals surface area (Å²) in [5.74, 6) is -0.346. The predicted octanol–water partition coefficient (Wildman–Crippen LogP) is 4.95. The van der Waals surface area contributed by atoms with Crippen LogP contribution in [0.25, 0.3) is 0 Å². The van der Waals surface area contributed by atoms with Gasteiger partial charge in [-0.1, -0.05) is 35.9 Å². The Balaban J connectivity index is 2.39. The van der Waals surface area contributed by atoms with Gasteiger partial charge in [-0.2, -0.15) is 0 Å². The van der Waals surface area contributed by atoms with Crippen LogP contribution in [0.1, 0.15) is 35.3 Å². The second-order valence-electron chi connectivity index (χ2n) is 5.42. The van der Waals surface area contributed by atoms with E-state index in [9.17, 15) is 9.18 Å². The monoisotopic (exact) mass is 290 g/mol. The van der Waals surface area contributed by atoms with Crippen molar-refractivity contribution < 1.29 is 9.18 Å². The molecule has 2 aromatic carbocycles. The average Bonchev–Trinajstić information content (AvgIpc) is 2.41. The molecule has 20 heavy (non-hydrogen) atoms. The molecule has 0 N–H and O–H groups in total. The smallest absolute Gasteiger partial charge is 0.172 e. The van der Waals surface area contributed by atoms with Crippen LogP contribution in [-0.2, 0) is 5.41 Å². The van der Waals surface area contributed by atoms with Crippen molar-refractivity contribution in [3.63, 3.8) is 0 Å². The van der Waals surface area contributed by atoms with E-state index in [4.69, 9.17) is 11.6 Å². The number of hydrogen-bond donors (Lipinski definition) is 0. The minimum atomic E-state index is -0.730. The van der Waals surface area contributed by atoms with Gasteiger partial charge in [0.2, 0.25) is 0 Å². The third kappa shape index (κ3) is 2.75. The van der Waals surface area contributed by atoms with E-state index >= 15 is 0 Å². The summed E-state index contributed by atoms with van der Waals surface area (Å²) in [4.78, 5) is 12.7. The van der Waals surface area contributed by atoms with Crippen molar-refractivity contribution in [2.45, 2.75) is 26.2 Å². The number of hydrogen-bond acceptors (Lipinski definition) is 1. The minimum Gasteiger partial charge on any atom is -0.293 e. The molecule has 0 atom stereocenters. The summed E-state index contributed by atoms with van der Waals surface area (Å²) >= 11 is 6.07. The van der Waals surface area contributed by atoms with Gasteiger partial charge in [0.1, 0.15) is 5.82 Å². The molecule has 0 aliphatic carbocycles. The summed E-state index contributed by atoms with van der Waals surface area (Å²) in [7, 11) is 0. The lowest BCUT2D eigenvalue weighted by Crippen LogP contribution is -2.29. The summed E-state index contributed by atoms with van der Waals surface area (Å²) in [6.07, 6.45) is 0. The molecule has 1 nitrogen and oxygen atoms in total. The molecule has 0 radical (unpaired) electrons. The molecule has 2 aromatic rings. The first-order valence-electron chi connectivity index (χ1n) is 6.39. The molecule has 0 amide bonds. The fourth-order valence-corrected chi connectivity index (χ4v) is 2.27. The number of ketones is 1. The van der Waals surface area contributed by atoms with E-state index in [1.165, 1.54) is 12.1 Å². The van der Waals surface area contributed by atoms with Crippen molar-refractivity contribution in [3.05, 3.63) is 70.0 Å². The molecule has 2 rings (SSSR count). The van der Waals surface area contributed by atoms with Crippen LogP contribution in [0.15, 0.2) is 42.5 Å². The van der Waals surface area contributed by atoms with E-state index in [0.717, 1.165) is 11.1 Å². The predicted molar refractivity (Wildman–Crippen MR) is 79.9 cm³/mol. The fourth-order valence-electron chi connectivity index (χ4n) is 2.09. The highest BCUT2D eigenvalue weighted by molar-refractivity contribution is 6.31. The second-order valence-corrected chi connectivity index (χ2v) is 5.83.